The Morgan fingerprint density at radius 2 is 2.11 bits per heavy atom. The second-order valence-electron chi connectivity index (χ2n) is 5.04. The van der Waals surface area contributed by atoms with Crippen molar-refractivity contribution in [1.82, 2.24) is 24.9 Å². The van der Waals surface area contributed by atoms with Crippen LogP contribution in [-0.4, -0.2) is 26.1 Å². The second kappa shape index (κ2) is 5.57. The van der Waals surface area contributed by atoms with E-state index in [0.29, 0.717) is 6.04 Å². The molecule has 0 spiro atoms. The molecule has 2 aromatic rings. The number of hydrogen-bond donors (Lipinski definition) is 1. The summed E-state index contributed by atoms with van der Waals surface area (Å²) >= 11 is 0. The first kappa shape index (κ1) is 13.8. The van der Waals surface area contributed by atoms with E-state index in [-0.39, 0.29) is 0 Å². The van der Waals surface area contributed by atoms with Gasteiger partial charge >= 0.3 is 0 Å². The van der Waals surface area contributed by atoms with Crippen LogP contribution in [0.1, 0.15) is 42.4 Å². The Morgan fingerprint density at radius 3 is 2.68 bits per heavy atom. The maximum atomic E-state index is 4.66. The number of aryl methyl sites for hydroxylation is 2. The van der Waals surface area contributed by atoms with Crippen molar-refractivity contribution in [2.75, 3.05) is 6.54 Å². The van der Waals surface area contributed by atoms with Crippen molar-refractivity contribution in [3.63, 3.8) is 0 Å². The molecule has 0 amide bonds. The van der Waals surface area contributed by atoms with Crippen LogP contribution in [0.4, 0.5) is 0 Å². The fraction of sp³-hybridized carbons (Fsp3) is 0.571. The van der Waals surface area contributed by atoms with Crippen molar-refractivity contribution in [3.05, 3.63) is 34.9 Å². The van der Waals surface area contributed by atoms with Crippen molar-refractivity contribution in [2.45, 2.75) is 40.3 Å². The van der Waals surface area contributed by atoms with Gasteiger partial charge in [-0.25, -0.2) is 0 Å². The SMILES string of the molecule is CCNC(C)c1c(C)nn(Cc2cnn(C)c2)c1C. The van der Waals surface area contributed by atoms with Crippen molar-refractivity contribution in [3.8, 4) is 0 Å². The fourth-order valence-corrected chi connectivity index (χ4v) is 2.63. The predicted molar refractivity (Wildman–Crippen MR) is 76.1 cm³/mol. The van der Waals surface area contributed by atoms with Crippen LogP contribution in [0.5, 0.6) is 0 Å². The molecule has 0 fully saturated rings. The van der Waals surface area contributed by atoms with Gasteiger partial charge in [0, 0.05) is 36.1 Å². The number of nitrogens with zero attached hydrogens (tertiary/aromatic N) is 4. The molecular formula is C14H23N5. The van der Waals surface area contributed by atoms with Crippen LogP contribution < -0.4 is 5.32 Å². The van der Waals surface area contributed by atoms with Crippen molar-refractivity contribution < 1.29 is 0 Å². The standard InChI is InChI=1S/C14H23N5/c1-6-15-10(2)14-11(3)17-19(12(14)4)9-13-7-16-18(5)8-13/h7-8,10,15H,6,9H2,1-5H3. The normalized spacial score (nSPS) is 12.9. The molecule has 104 valence electrons. The minimum Gasteiger partial charge on any atom is -0.310 e. The maximum absolute atomic E-state index is 4.66. The molecule has 2 rings (SSSR count). The quantitative estimate of drug-likeness (QED) is 0.895. The topological polar surface area (TPSA) is 47.7 Å². The summed E-state index contributed by atoms with van der Waals surface area (Å²) in [4.78, 5) is 0. The largest absolute Gasteiger partial charge is 0.310 e. The summed E-state index contributed by atoms with van der Waals surface area (Å²) in [6.45, 7) is 10.3. The zero-order valence-corrected chi connectivity index (χ0v) is 12.4. The van der Waals surface area contributed by atoms with Crippen LogP contribution >= 0.6 is 0 Å². The molecular weight excluding hydrogens is 238 g/mol. The molecule has 0 bridgehead atoms. The Labute approximate surface area is 114 Å². The van der Waals surface area contributed by atoms with Crippen LogP contribution in [0.15, 0.2) is 12.4 Å². The van der Waals surface area contributed by atoms with Gasteiger partial charge in [0.15, 0.2) is 0 Å². The van der Waals surface area contributed by atoms with Gasteiger partial charge in [-0.1, -0.05) is 6.92 Å². The van der Waals surface area contributed by atoms with Gasteiger partial charge in [0.05, 0.1) is 18.4 Å². The van der Waals surface area contributed by atoms with E-state index in [9.17, 15) is 0 Å². The molecule has 1 atom stereocenters. The average molecular weight is 261 g/mol. The van der Waals surface area contributed by atoms with E-state index in [1.165, 1.54) is 16.8 Å². The molecule has 0 aliphatic carbocycles. The zero-order valence-electron chi connectivity index (χ0n) is 12.4. The van der Waals surface area contributed by atoms with Gasteiger partial charge in [-0.2, -0.15) is 10.2 Å². The van der Waals surface area contributed by atoms with Crippen LogP contribution in [-0.2, 0) is 13.6 Å². The predicted octanol–water partition coefficient (Wildman–Crippen LogP) is 1.95. The highest BCUT2D eigenvalue weighted by atomic mass is 15.3. The van der Waals surface area contributed by atoms with Gasteiger partial charge in [-0.3, -0.25) is 9.36 Å². The van der Waals surface area contributed by atoms with Crippen LogP contribution in [0, 0.1) is 13.8 Å². The van der Waals surface area contributed by atoms with Gasteiger partial charge < -0.3 is 5.32 Å². The summed E-state index contributed by atoms with van der Waals surface area (Å²) in [7, 11) is 1.93. The highest BCUT2D eigenvalue weighted by Gasteiger charge is 2.16. The Hall–Kier alpha value is -1.62. The number of aromatic nitrogens is 4. The molecule has 1 N–H and O–H groups in total. The molecule has 0 aliphatic rings. The van der Waals surface area contributed by atoms with Crippen LogP contribution in [0.25, 0.3) is 0 Å². The molecule has 19 heavy (non-hydrogen) atoms. The lowest BCUT2D eigenvalue weighted by atomic mass is 10.1. The van der Waals surface area contributed by atoms with E-state index in [0.717, 1.165) is 18.8 Å². The van der Waals surface area contributed by atoms with Gasteiger partial charge in [0.2, 0.25) is 0 Å². The van der Waals surface area contributed by atoms with E-state index in [2.05, 4.69) is 47.9 Å². The van der Waals surface area contributed by atoms with Gasteiger partial charge in [0.1, 0.15) is 0 Å². The molecule has 1 unspecified atom stereocenters. The lowest BCUT2D eigenvalue weighted by Gasteiger charge is -2.13. The molecule has 5 heteroatoms. The Morgan fingerprint density at radius 1 is 1.37 bits per heavy atom. The third kappa shape index (κ3) is 2.87. The monoisotopic (exact) mass is 261 g/mol. The smallest absolute Gasteiger partial charge is 0.0693 e. The van der Waals surface area contributed by atoms with E-state index < -0.39 is 0 Å². The Balaban J connectivity index is 2.25. The molecule has 0 aromatic carbocycles. The van der Waals surface area contributed by atoms with E-state index in [4.69, 9.17) is 0 Å². The maximum Gasteiger partial charge on any atom is 0.0693 e. The van der Waals surface area contributed by atoms with Gasteiger partial charge in [-0.05, 0) is 27.3 Å². The highest BCUT2D eigenvalue weighted by molar-refractivity contribution is 5.28. The Kier molecular flexibility index (Phi) is 4.04. The highest BCUT2D eigenvalue weighted by Crippen LogP contribution is 2.21. The van der Waals surface area contributed by atoms with Crippen molar-refractivity contribution in [1.29, 1.82) is 0 Å². The molecule has 2 aromatic heterocycles. The third-order valence-corrected chi connectivity index (χ3v) is 3.47. The Bertz CT molecular complexity index is 552. The lowest BCUT2D eigenvalue weighted by molar-refractivity contribution is 0.589. The average Bonchev–Trinajstić information content (AvgIpc) is 2.85. The molecule has 0 aliphatic heterocycles. The zero-order chi connectivity index (χ0) is 14.0. The minimum atomic E-state index is 0.340. The molecule has 5 nitrogen and oxygen atoms in total. The number of nitrogens with one attached hydrogen (secondary N) is 1. The van der Waals surface area contributed by atoms with E-state index in [1.54, 1.807) is 0 Å². The first-order valence-corrected chi connectivity index (χ1v) is 6.77. The molecule has 0 saturated heterocycles. The third-order valence-electron chi connectivity index (χ3n) is 3.47. The molecule has 2 heterocycles. The summed E-state index contributed by atoms with van der Waals surface area (Å²) in [5, 5.41) is 12.3. The molecule has 0 radical (unpaired) electrons. The van der Waals surface area contributed by atoms with E-state index in [1.807, 2.05) is 24.1 Å². The summed E-state index contributed by atoms with van der Waals surface area (Å²) in [5.74, 6) is 0. The van der Waals surface area contributed by atoms with E-state index >= 15 is 0 Å². The van der Waals surface area contributed by atoms with Crippen molar-refractivity contribution >= 4 is 0 Å². The lowest BCUT2D eigenvalue weighted by Crippen LogP contribution is -2.19. The van der Waals surface area contributed by atoms with Gasteiger partial charge in [-0.15, -0.1) is 0 Å². The summed E-state index contributed by atoms with van der Waals surface area (Å²) in [6.07, 6.45) is 3.92. The molecule has 0 saturated carbocycles. The summed E-state index contributed by atoms with van der Waals surface area (Å²) in [5.41, 5.74) is 4.83. The van der Waals surface area contributed by atoms with Crippen molar-refractivity contribution in [2.24, 2.45) is 7.05 Å². The van der Waals surface area contributed by atoms with Gasteiger partial charge in [0.25, 0.3) is 0 Å². The first-order valence-electron chi connectivity index (χ1n) is 6.77. The summed E-state index contributed by atoms with van der Waals surface area (Å²) < 4.78 is 3.89. The first-order chi connectivity index (χ1) is 9.02. The number of rotatable bonds is 5. The van der Waals surface area contributed by atoms with Crippen LogP contribution in [0.2, 0.25) is 0 Å². The second-order valence-corrected chi connectivity index (χ2v) is 5.04. The van der Waals surface area contributed by atoms with Crippen LogP contribution in [0.3, 0.4) is 0 Å². The minimum absolute atomic E-state index is 0.340. The summed E-state index contributed by atoms with van der Waals surface area (Å²) in [6, 6.07) is 0.340. The number of hydrogen-bond acceptors (Lipinski definition) is 3. The fourth-order valence-electron chi connectivity index (χ4n) is 2.63.